The van der Waals surface area contributed by atoms with Crippen molar-refractivity contribution in [2.45, 2.75) is 38.3 Å². The number of hydrogen-bond acceptors (Lipinski definition) is 2. The van der Waals surface area contributed by atoms with Crippen molar-refractivity contribution in [3.8, 4) is 0 Å². The van der Waals surface area contributed by atoms with Crippen LogP contribution in [0.5, 0.6) is 0 Å². The highest BCUT2D eigenvalue weighted by atomic mass is 15.2. The molecule has 0 aromatic heterocycles. The molecule has 2 N–H and O–H groups in total. The van der Waals surface area contributed by atoms with Gasteiger partial charge in [-0.25, -0.2) is 0 Å². The van der Waals surface area contributed by atoms with Crippen molar-refractivity contribution < 1.29 is 0 Å². The van der Waals surface area contributed by atoms with Gasteiger partial charge in [0.15, 0.2) is 0 Å². The van der Waals surface area contributed by atoms with Crippen LogP contribution in [0.25, 0.3) is 0 Å². The first-order chi connectivity index (χ1) is 7.75. The Morgan fingerprint density at radius 1 is 1.38 bits per heavy atom. The van der Waals surface area contributed by atoms with Gasteiger partial charge in [-0.1, -0.05) is 30.3 Å². The topological polar surface area (TPSA) is 29.3 Å². The van der Waals surface area contributed by atoms with Crippen LogP contribution in [0, 0.1) is 0 Å². The minimum absolute atomic E-state index is 0.381. The van der Waals surface area contributed by atoms with E-state index in [1.165, 1.54) is 24.9 Å². The molecule has 16 heavy (non-hydrogen) atoms. The second-order valence-electron chi connectivity index (χ2n) is 4.94. The molecule has 0 saturated carbocycles. The number of hydrogen-bond donors (Lipinski definition) is 1. The van der Waals surface area contributed by atoms with Gasteiger partial charge in [-0.05, 0) is 38.3 Å². The minimum Gasteiger partial charge on any atom is -0.327 e. The molecule has 2 nitrogen and oxygen atoms in total. The second kappa shape index (κ2) is 5.46. The summed E-state index contributed by atoms with van der Waals surface area (Å²) < 4.78 is 0. The monoisotopic (exact) mass is 218 g/mol. The molecule has 1 aromatic rings. The van der Waals surface area contributed by atoms with E-state index in [2.05, 4.69) is 42.2 Å². The van der Waals surface area contributed by atoms with Crippen molar-refractivity contribution in [2.24, 2.45) is 5.73 Å². The molecule has 0 spiro atoms. The Labute approximate surface area is 98.4 Å². The fraction of sp³-hybridized carbons (Fsp3) is 0.571. The summed E-state index contributed by atoms with van der Waals surface area (Å²) in [7, 11) is 0. The Kier molecular flexibility index (Phi) is 3.97. The lowest BCUT2D eigenvalue weighted by Gasteiger charge is -2.35. The average Bonchev–Trinajstić information content (AvgIpc) is 2.30. The summed E-state index contributed by atoms with van der Waals surface area (Å²) in [5.74, 6) is 0. The highest BCUT2D eigenvalue weighted by Crippen LogP contribution is 2.14. The number of nitrogens with zero attached hydrogens (tertiary/aromatic N) is 1. The molecule has 0 bridgehead atoms. The fourth-order valence-electron chi connectivity index (χ4n) is 2.52. The first kappa shape index (κ1) is 11.6. The van der Waals surface area contributed by atoms with E-state index >= 15 is 0 Å². The Morgan fingerprint density at radius 2 is 2.12 bits per heavy atom. The summed E-state index contributed by atoms with van der Waals surface area (Å²) in [5.41, 5.74) is 7.44. The quantitative estimate of drug-likeness (QED) is 0.841. The van der Waals surface area contributed by atoms with Gasteiger partial charge in [0.1, 0.15) is 0 Å². The smallest absolute Gasteiger partial charge is 0.0168 e. The van der Waals surface area contributed by atoms with Gasteiger partial charge in [-0.15, -0.1) is 0 Å². The van der Waals surface area contributed by atoms with Crippen LogP contribution >= 0.6 is 0 Å². The third kappa shape index (κ3) is 3.06. The van der Waals surface area contributed by atoms with Gasteiger partial charge in [0.2, 0.25) is 0 Å². The molecule has 1 aromatic carbocycles. The van der Waals surface area contributed by atoms with E-state index in [0.717, 1.165) is 13.0 Å². The Bertz CT molecular complexity index is 310. The van der Waals surface area contributed by atoms with Crippen molar-refractivity contribution in [1.29, 1.82) is 0 Å². The number of nitrogens with two attached hydrogens (primary N) is 1. The maximum Gasteiger partial charge on any atom is 0.0168 e. The summed E-state index contributed by atoms with van der Waals surface area (Å²) in [4.78, 5) is 2.53. The number of piperidine rings is 1. The molecule has 2 heteroatoms. The lowest BCUT2D eigenvalue weighted by Crippen LogP contribution is -2.47. The van der Waals surface area contributed by atoms with E-state index in [9.17, 15) is 0 Å². The maximum absolute atomic E-state index is 6.01. The van der Waals surface area contributed by atoms with Crippen molar-refractivity contribution in [3.63, 3.8) is 0 Å². The zero-order chi connectivity index (χ0) is 11.4. The van der Waals surface area contributed by atoms with Crippen LogP contribution in [0.1, 0.15) is 25.3 Å². The Hall–Kier alpha value is -0.860. The molecule has 0 unspecified atom stereocenters. The summed E-state index contributed by atoms with van der Waals surface area (Å²) in [5, 5.41) is 0. The van der Waals surface area contributed by atoms with E-state index in [4.69, 9.17) is 5.73 Å². The first-order valence-electron chi connectivity index (χ1n) is 6.29. The maximum atomic E-state index is 6.01. The Balaban J connectivity index is 1.90. The van der Waals surface area contributed by atoms with Gasteiger partial charge in [-0.3, -0.25) is 4.90 Å². The molecule has 2 atom stereocenters. The van der Waals surface area contributed by atoms with Crippen LogP contribution in [0.3, 0.4) is 0 Å². The molecule has 0 radical (unpaired) electrons. The van der Waals surface area contributed by atoms with Crippen molar-refractivity contribution >= 4 is 0 Å². The zero-order valence-corrected chi connectivity index (χ0v) is 10.1. The zero-order valence-electron chi connectivity index (χ0n) is 10.1. The van der Waals surface area contributed by atoms with Crippen LogP contribution < -0.4 is 5.73 Å². The van der Waals surface area contributed by atoms with Gasteiger partial charge < -0.3 is 5.73 Å². The number of benzene rings is 1. The molecular formula is C14H22N2. The molecule has 1 saturated heterocycles. The Morgan fingerprint density at radius 3 is 2.81 bits per heavy atom. The summed E-state index contributed by atoms with van der Waals surface area (Å²) in [6.45, 7) is 4.58. The molecule has 1 aliphatic rings. The van der Waals surface area contributed by atoms with Crippen LogP contribution in [0.15, 0.2) is 30.3 Å². The van der Waals surface area contributed by atoms with E-state index in [0.29, 0.717) is 12.1 Å². The molecule has 0 aliphatic carbocycles. The van der Waals surface area contributed by atoms with Crippen LogP contribution in [-0.2, 0) is 6.42 Å². The molecule has 2 rings (SSSR count). The summed E-state index contributed by atoms with van der Waals surface area (Å²) >= 11 is 0. The lowest BCUT2D eigenvalue weighted by atomic mass is 10.0. The van der Waals surface area contributed by atoms with Gasteiger partial charge >= 0.3 is 0 Å². The highest BCUT2D eigenvalue weighted by molar-refractivity contribution is 5.15. The van der Waals surface area contributed by atoms with Crippen LogP contribution in [-0.4, -0.2) is 30.1 Å². The van der Waals surface area contributed by atoms with E-state index < -0.39 is 0 Å². The minimum atomic E-state index is 0.381. The molecule has 1 fully saturated rings. The lowest BCUT2D eigenvalue weighted by molar-refractivity contribution is 0.158. The molecule has 0 amide bonds. The third-order valence-electron chi connectivity index (χ3n) is 3.49. The SMILES string of the molecule is C[C@H](Cc1ccccc1)N1CCC[C@@H](N)C1. The normalized spacial score (nSPS) is 24.2. The van der Waals surface area contributed by atoms with Crippen LogP contribution in [0.4, 0.5) is 0 Å². The highest BCUT2D eigenvalue weighted by Gasteiger charge is 2.20. The van der Waals surface area contributed by atoms with Crippen molar-refractivity contribution in [3.05, 3.63) is 35.9 Å². The molecule has 88 valence electrons. The van der Waals surface area contributed by atoms with Crippen molar-refractivity contribution in [2.75, 3.05) is 13.1 Å². The van der Waals surface area contributed by atoms with Crippen LogP contribution in [0.2, 0.25) is 0 Å². The van der Waals surface area contributed by atoms with Gasteiger partial charge in [0.05, 0.1) is 0 Å². The third-order valence-corrected chi connectivity index (χ3v) is 3.49. The fourth-order valence-corrected chi connectivity index (χ4v) is 2.52. The summed E-state index contributed by atoms with van der Waals surface area (Å²) in [6.07, 6.45) is 3.57. The first-order valence-corrected chi connectivity index (χ1v) is 6.29. The average molecular weight is 218 g/mol. The van der Waals surface area contributed by atoms with E-state index in [1.807, 2.05) is 0 Å². The standard InChI is InChI=1S/C14H22N2/c1-12(10-13-6-3-2-4-7-13)16-9-5-8-14(15)11-16/h2-4,6-7,12,14H,5,8-11,15H2,1H3/t12-,14-/m1/s1. The molecular weight excluding hydrogens is 196 g/mol. The second-order valence-corrected chi connectivity index (χ2v) is 4.94. The predicted molar refractivity (Wildman–Crippen MR) is 68.4 cm³/mol. The molecule has 1 aliphatic heterocycles. The van der Waals surface area contributed by atoms with Gasteiger partial charge in [-0.2, -0.15) is 0 Å². The molecule has 1 heterocycles. The van der Waals surface area contributed by atoms with E-state index in [-0.39, 0.29) is 0 Å². The largest absolute Gasteiger partial charge is 0.327 e. The summed E-state index contributed by atoms with van der Waals surface area (Å²) in [6, 6.07) is 11.7. The predicted octanol–water partition coefficient (Wildman–Crippen LogP) is 2.04. The van der Waals surface area contributed by atoms with Gasteiger partial charge in [0, 0.05) is 18.6 Å². The van der Waals surface area contributed by atoms with E-state index in [1.54, 1.807) is 0 Å². The van der Waals surface area contributed by atoms with Crippen molar-refractivity contribution in [1.82, 2.24) is 4.90 Å². The number of rotatable bonds is 3. The van der Waals surface area contributed by atoms with Gasteiger partial charge in [0.25, 0.3) is 0 Å². The number of likely N-dealkylation sites (tertiary alicyclic amines) is 1.